The number of benzene rings is 1. The summed E-state index contributed by atoms with van der Waals surface area (Å²) in [4.78, 5) is 12.0. The standard InChI is InChI=1S/C13H16O/c1-10(11-8-5-9-11)13(14)12-6-3-2-4-7-12/h2-4,6-7,10-11H,5,8-9H2,1H3. The van der Waals surface area contributed by atoms with E-state index in [1.54, 1.807) is 0 Å². The molecule has 1 aliphatic carbocycles. The molecule has 1 heteroatoms. The molecule has 0 N–H and O–H groups in total. The zero-order valence-electron chi connectivity index (χ0n) is 8.57. The Hall–Kier alpha value is -1.11. The number of carbonyl (C=O) groups excluding carboxylic acids is 1. The van der Waals surface area contributed by atoms with Gasteiger partial charge in [0, 0.05) is 11.5 Å². The summed E-state index contributed by atoms with van der Waals surface area (Å²) in [5.74, 6) is 1.17. The summed E-state index contributed by atoms with van der Waals surface area (Å²) in [5.41, 5.74) is 0.868. The molecule has 0 heterocycles. The average Bonchev–Trinajstić information content (AvgIpc) is 2.15. The van der Waals surface area contributed by atoms with E-state index in [-0.39, 0.29) is 5.92 Å². The molecule has 2 rings (SSSR count). The van der Waals surface area contributed by atoms with Crippen molar-refractivity contribution in [3.8, 4) is 0 Å². The van der Waals surface area contributed by atoms with Crippen LogP contribution in [0.5, 0.6) is 0 Å². The molecule has 1 aliphatic rings. The maximum atomic E-state index is 12.0. The second-order valence-corrected chi connectivity index (χ2v) is 4.21. The highest BCUT2D eigenvalue weighted by molar-refractivity contribution is 5.97. The Kier molecular flexibility index (Phi) is 2.67. The van der Waals surface area contributed by atoms with E-state index in [1.165, 1.54) is 19.3 Å². The quantitative estimate of drug-likeness (QED) is 0.665. The number of hydrogen-bond donors (Lipinski definition) is 0. The minimum Gasteiger partial charge on any atom is -0.294 e. The molecule has 1 fully saturated rings. The molecule has 0 bridgehead atoms. The molecular weight excluding hydrogens is 172 g/mol. The van der Waals surface area contributed by atoms with Crippen LogP contribution in [0.1, 0.15) is 36.5 Å². The minimum absolute atomic E-state index is 0.214. The molecule has 1 unspecified atom stereocenters. The molecule has 0 saturated heterocycles. The van der Waals surface area contributed by atoms with Crippen molar-refractivity contribution in [3.05, 3.63) is 35.9 Å². The van der Waals surface area contributed by atoms with E-state index in [2.05, 4.69) is 6.92 Å². The van der Waals surface area contributed by atoms with E-state index in [0.29, 0.717) is 11.7 Å². The van der Waals surface area contributed by atoms with Gasteiger partial charge in [-0.1, -0.05) is 43.7 Å². The molecule has 1 aromatic carbocycles. The van der Waals surface area contributed by atoms with Gasteiger partial charge in [0.2, 0.25) is 0 Å². The van der Waals surface area contributed by atoms with E-state index in [1.807, 2.05) is 30.3 Å². The van der Waals surface area contributed by atoms with Gasteiger partial charge >= 0.3 is 0 Å². The van der Waals surface area contributed by atoms with Crippen molar-refractivity contribution < 1.29 is 4.79 Å². The summed E-state index contributed by atoms with van der Waals surface area (Å²) in [7, 11) is 0. The van der Waals surface area contributed by atoms with Gasteiger partial charge in [-0.3, -0.25) is 4.79 Å². The van der Waals surface area contributed by atoms with Crippen molar-refractivity contribution in [1.29, 1.82) is 0 Å². The lowest BCUT2D eigenvalue weighted by Gasteiger charge is -2.30. The Balaban J connectivity index is 2.07. The monoisotopic (exact) mass is 188 g/mol. The fourth-order valence-electron chi connectivity index (χ4n) is 2.02. The Morgan fingerprint density at radius 2 is 1.93 bits per heavy atom. The normalized spacial score (nSPS) is 18.6. The van der Waals surface area contributed by atoms with Gasteiger partial charge in [0.25, 0.3) is 0 Å². The highest BCUT2D eigenvalue weighted by Crippen LogP contribution is 2.34. The van der Waals surface area contributed by atoms with E-state index >= 15 is 0 Å². The van der Waals surface area contributed by atoms with Crippen LogP contribution in [0.25, 0.3) is 0 Å². The first-order valence-electron chi connectivity index (χ1n) is 5.38. The van der Waals surface area contributed by atoms with E-state index in [9.17, 15) is 4.79 Å². The molecule has 1 atom stereocenters. The number of hydrogen-bond acceptors (Lipinski definition) is 1. The average molecular weight is 188 g/mol. The molecule has 0 amide bonds. The lowest BCUT2D eigenvalue weighted by Crippen LogP contribution is -2.26. The van der Waals surface area contributed by atoms with Crippen LogP contribution in [0, 0.1) is 11.8 Å². The SMILES string of the molecule is CC(C(=O)c1ccccc1)C1CCC1. The number of ketones is 1. The van der Waals surface area contributed by atoms with Crippen LogP contribution in [0.15, 0.2) is 30.3 Å². The van der Waals surface area contributed by atoms with Gasteiger partial charge in [-0.25, -0.2) is 0 Å². The van der Waals surface area contributed by atoms with Crippen molar-refractivity contribution >= 4 is 5.78 Å². The highest BCUT2D eigenvalue weighted by atomic mass is 16.1. The molecule has 1 nitrogen and oxygen atoms in total. The highest BCUT2D eigenvalue weighted by Gasteiger charge is 2.29. The second-order valence-electron chi connectivity index (χ2n) is 4.21. The number of Topliss-reactive ketones (excluding diaryl/α,β-unsaturated/α-hetero) is 1. The second kappa shape index (κ2) is 3.95. The lowest BCUT2D eigenvalue weighted by molar-refractivity contribution is 0.0834. The van der Waals surface area contributed by atoms with Gasteiger partial charge < -0.3 is 0 Å². The maximum absolute atomic E-state index is 12.0. The van der Waals surface area contributed by atoms with Crippen LogP contribution in [0.3, 0.4) is 0 Å². The van der Waals surface area contributed by atoms with Gasteiger partial charge in [0.1, 0.15) is 0 Å². The third-order valence-electron chi connectivity index (χ3n) is 3.33. The molecular formula is C13H16O. The van der Waals surface area contributed by atoms with Gasteiger partial charge in [0.05, 0.1) is 0 Å². The van der Waals surface area contributed by atoms with Crippen LogP contribution in [0.4, 0.5) is 0 Å². The van der Waals surface area contributed by atoms with Gasteiger partial charge in [-0.15, -0.1) is 0 Å². The molecule has 0 spiro atoms. The smallest absolute Gasteiger partial charge is 0.165 e. The fraction of sp³-hybridized carbons (Fsp3) is 0.462. The summed E-state index contributed by atoms with van der Waals surface area (Å²) >= 11 is 0. The Bertz CT molecular complexity index is 311. The van der Waals surface area contributed by atoms with Crippen LogP contribution in [0.2, 0.25) is 0 Å². The minimum atomic E-state index is 0.214. The Morgan fingerprint density at radius 3 is 2.43 bits per heavy atom. The van der Waals surface area contributed by atoms with Crippen molar-refractivity contribution in [3.63, 3.8) is 0 Å². The summed E-state index contributed by atoms with van der Waals surface area (Å²) in [6, 6.07) is 9.64. The number of carbonyl (C=O) groups is 1. The lowest BCUT2D eigenvalue weighted by atomic mass is 9.74. The fourth-order valence-corrected chi connectivity index (χ4v) is 2.02. The Morgan fingerprint density at radius 1 is 1.29 bits per heavy atom. The molecule has 0 aliphatic heterocycles. The summed E-state index contributed by atoms with van der Waals surface area (Å²) < 4.78 is 0. The molecule has 0 aromatic heterocycles. The predicted molar refractivity (Wildman–Crippen MR) is 57.3 cm³/mol. The van der Waals surface area contributed by atoms with Gasteiger partial charge in [-0.05, 0) is 18.8 Å². The van der Waals surface area contributed by atoms with E-state index < -0.39 is 0 Å². The van der Waals surface area contributed by atoms with Crippen LogP contribution in [-0.4, -0.2) is 5.78 Å². The maximum Gasteiger partial charge on any atom is 0.165 e. The third kappa shape index (κ3) is 1.72. The van der Waals surface area contributed by atoms with E-state index in [0.717, 1.165) is 5.56 Å². The van der Waals surface area contributed by atoms with Crippen molar-refractivity contribution in [2.24, 2.45) is 11.8 Å². The van der Waals surface area contributed by atoms with Crippen LogP contribution < -0.4 is 0 Å². The first kappa shape index (κ1) is 9.45. The predicted octanol–water partition coefficient (Wildman–Crippen LogP) is 3.31. The van der Waals surface area contributed by atoms with E-state index in [4.69, 9.17) is 0 Å². The molecule has 14 heavy (non-hydrogen) atoms. The van der Waals surface area contributed by atoms with Crippen molar-refractivity contribution in [2.75, 3.05) is 0 Å². The summed E-state index contributed by atoms with van der Waals surface area (Å²) in [5, 5.41) is 0. The molecule has 0 radical (unpaired) electrons. The van der Waals surface area contributed by atoms with Crippen molar-refractivity contribution in [1.82, 2.24) is 0 Å². The Labute approximate surface area is 85.1 Å². The topological polar surface area (TPSA) is 17.1 Å². The third-order valence-corrected chi connectivity index (χ3v) is 3.33. The largest absolute Gasteiger partial charge is 0.294 e. The van der Waals surface area contributed by atoms with Crippen molar-refractivity contribution in [2.45, 2.75) is 26.2 Å². The van der Waals surface area contributed by atoms with Gasteiger partial charge in [-0.2, -0.15) is 0 Å². The molecule has 1 aromatic rings. The van der Waals surface area contributed by atoms with Crippen LogP contribution >= 0.6 is 0 Å². The zero-order valence-corrected chi connectivity index (χ0v) is 8.57. The van der Waals surface area contributed by atoms with Crippen LogP contribution in [-0.2, 0) is 0 Å². The van der Waals surface area contributed by atoms with Gasteiger partial charge in [0.15, 0.2) is 5.78 Å². The zero-order chi connectivity index (χ0) is 9.97. The first-order valence-corrected chi connectivity index (χ1v) is 5.38. The summed E-state index contributed by atoms with van der Waals surface area (Å²) in [6.45, 7) is 2.07. The molecule has 1 saturated carbocycles. The molecule has 74 valence electrons. The first-order chi connectivity index (χ1) is 6.79. The summed E-state index contributed by atoms with van der Waals surface area (Å²) in [6.07, 6.45) is 3.77. The number of rotatable bonds is 3.